The molecule has 0 saturated carbocycles. The molecule has 4 nitrogen and oxygen atoms in total. The van der Waals surface area contributed by atoms with E-state index in [2.05, 4.69) is 20.8 Å². The Hall–Kier alpha value is -3.37. The van der Waals surface area contributed by atoms with E-state index in [-0.39, 0.29) is 34.7 Å². The molecule has 0 aliphatic carbocycles. The first-order valence-corrected chi connectivity index (χ1v) is 10.7. The number of rotatable bonds is 5. The third kappa shape index (κ3) is 4.46. The van der Waals surface area contributed by atoms with Crippen molar-refractivity contribution in [3.8, 4) is 17.1 Å². The Morgan fingerprint density at radius 3 is 2.31 bits per heavy atom. The Kier molecular flexibility index (Phi) is 5.90. The van der Waals surface area contributed by atoms with Crippen LogP contribution in [-0.4, -0.2) is 12.4 Å². The third-order valence-corrected chi connectivity index (χ3v) is 5.50. The smallest absolute Gasteiger partial charge is 0.235 e. The molecule has 4 aromatic rings. The Morgan fingerprint density at radius 1 is 0.969 bits per heavy atom. The van der Waals surface area contributed by atoms with Gasteiger partial charge in [0.2, 0.25) is 11.2 Å². The Labute approximate surface area is 191 Å². The highest BCUT2D eigenvalue weighted by atomic mass is 35.5. The minimum Gasteiger partial charge on any atom is -0.478 e. The number of benzene rings is 3. The van der Waals surface area contributed by atoms with Gasteiger partial charge in [0.05, 0.1) is 5.39 Å². The van der Waals surface area contributed by atoms with Gasteiger partial charge in [-0.25, -0.2) is 0 Å². The van der Waals surface area contributed by atoms with Crippen LogP contribution in [-0.2, 0) is 5.41 Å². The van der Waals surface area contributed by atoms with E-state index < -0.39 is 0 Å². The van der Waals surface area contributed by atoms with E-state index in [4.69, 9.17) is 20.8 Å². The number of ketones is 1. The summed E-state index contributed by atoms with van der Waals surface area (Å²) in [6, 6.07) is 21.5. The van der Waals surface area contributed by atoms with E-state index >= 15 is 0 Å². The van der Waals surface area contributed by atoms with Crippen LogP contribution in [0.25, 0.3) is 22.3 Å². The van der Waals surface area contributed by atoms with Crippen LogP contribution < -0.4 is 10.2 Å². The highest BCUT2D eigenvalue weighted by Crippen LogP contribution is 2.33. The summed E-state index contributed by atoms with van der Waals surface area (Å²) < 4.78 is 11.9. The monoisotopic (exact) mass is 446 g/mol. The van der Waals surface area contributed by atoms with Crippen LogP contribution in [0.1, 0.15) is 36.7 Å². The lowest BCUT2D eigenvalue weighted by molar-refractivity contribution is 0.0920. The molecular formula is C27H23ClO4. The van der Waals surface area contributed by atoms with Crippen LogP contribution in [0.2, 0.25) is 5.02 Å². The van der Waals surface area contributed by atoms with E-state index in [1.54, 1.807) is 42.5 Å². The highest BCUT2D eigenvalue weighted by molar-refractivity contribution is 6.31. The minimum atomic E-state index is -0.371. The van der Waals surface area contributed by atoms with Crippen molar-refractivity contribution in [2.24, 2.45) is 0 Å². The zero-order valence-corrected chi connectivity index (χ0v) is 18.9. The molecule has 0 aliphatic rings. The molecule has 0 radical (unpaired) electrons. The number of ether oxygens (including phenoxy) is 1. The highest BCUT2D eigenvalue weighted by Gasteiger charge is 2.21. The van der Waals surface area contributed by atoms with Crippen molar-refractivity contribution >= 4 is 28.4 Å². The van der Waals surface area contributed by atoms with Gasteiger partial charge in [-0.05, 0) is 29.2 Å². The maximum Gasteiger partial charge on any atom is 0.235 e. The zero-order chi connectivity index (χ0) is 22.9. The van der Waals surface area contributed by atoms with Crippen molar-refractivity contribution in [3.63, 3.8) is 0 Å². The number of hydrogen-bond donors (Lipinski definition) is 0. The SMILES string of the molecule is CC(C)(C)c1ccc(-c2oc3ccc(Cl)cc3c(=O)c2OCC(=O)c2ccccc2)cc1. The summed E-state index contributed by atoms with van der Waals surface area (Å²) in [5, 5.41) is 0.716. The fraction of sp³-hybridized carbons (Fsp3) is 0.185. The first-order chi connectivity index (χ1) is 15.2. The van der Waals surface area contributed by atoms with Gasteiger partial charge in [0.1, 0.15) is 5.58 Å². The summed E-state index contributed by atoms with van der Waals surface area (Å²) in [4.78, 5) is 25.9. The molecule has 1 heterocycles. The van der Waals surface area contributed by atoms with Gasteiger partial charge >= 0.3 is 0 Å². The molecule has 0 unspecified atom stereocenters. The Morgan fingerprint density at radius 2 is 1.66 bits per heavy atom. The molecule has 5 heteroatoms. The summed E-state index contributed by atoms with van der Waals surface area (Å²) in [7, 11) is 0. The number of hydrogen-bond acceptors (Lipinski definition) is 4. The molecule has 3 aromatic carbocycles. The van der Waals surface area contributed by atoms with Crippen LogP contribution in [0.4, 0.5) is 0 Å². The van der Waals surface area contributed by atoms with Gasteiger partial charge in [-0.1, -0.05) is 87.0 Å². The maximum absolute atomic E-state index is 13.3. The first-order valence-electron chi connectivity index (χ1n) is 10.3. The lowest BCUT2D eigenvalue weighted by atomic mass is 9.86. The fourth-order valence-electron chi connectivity index (χ4n) is 3.44. The Bertz CT molecular complexity index is 1330. The van der Waals surface area contributed by atoms with Gasteiger partial charge in [0, 0.05) is 16.1 Å². The van der Waals surface area contributed by atoms with E-state index in [9.17, 15) is 9.59 Å². The zero-order valence-electron chi connectivity index (χ0n) is 18.1. The van der Waals surface area contributed by atoms with Crippen LogP contribution in [0.15, 0.2) is 82.0 Å². The van der Waals surface area contributed by atoms with Gasteiger partial charge in [-0.15, -0.1) is 0 Å². The normalized spacial score (nSPS) is 11.5. The van der Waals surface area contributed by atoms with E-state index in [0.29, 0.717) is 27.1 Å². The number of fused-ring (bicyclic) bond motifs is 1. The number of halogens is 1. The molecule has 0 N–H and O–H groups in total. The molecule has 1 aromatic heterocycles. The molecular weight excluding hydrogens is 424 g/mol. The van der Waals surface area contributed by atoms with Crippen LogP contribution in [0.5, 0.6) is 5.75 Å². The maximum atomic E-state index is 13.3. The molecule has 0 fully saturated rings. The molecule has 0 saturated heterocycles. The quantitative estimate of drug-likeness (QED) is 0.321. The number of carbonyl (C=O) groups is 1. The molecule has 0 aliphatic heterocycles. The summed E-state index contributed by atoms with van der Waals surface area (Å²) in [5.41, 5.74) is 2.37. The van der Waals surface area contributed by atoms with Gasteiger partial charge < -0.3 is 9.15 Å². The van der Waals surface area contributed by atoms with Crippen molar-refractivity contribution in [1.29, 1.82) is 0 Å². The van der Waals surface area contributed by atoms with Crippen LogP contribution in [0, 0.1) is 0 Å². The standard InChI is InChI=1S/C27H23ClO4/c1-27(2,3)19-11-9-18(10-12-19)25-26(31-16-22(29)17-7-5-4-6-8-17)24(30)21-15-20(28)13-14-23(21)32-25/h4-15H,16H2,1-3H3. The second-order valence-electron chi connectivity index (χ2n) is 8.64. The van der Waals surface area contributed by atoms with E-state index in [1.807, 2.05) is 30.3 Å². The third-order valence-electron chi connectivity index (χ3n) is 5.27. The van der Waals surface area contributed by atoms with Gasteiger partial charge in [-0.3, -0.25) is 9.59 Å². The minimum absolute atomic E-state index is 0.00689. The van der Waals surface area contributed by atoms with E-state index in [1.165, 1.54) is 0 Å². The van der Waals surface area contributed by atoms with Crippen LogP contribution in [0.3, 0.4) is 0 Å². The molecule has 4 rings (SSSR count). The summed E-state index contributed by atoms with van der Waals surface area (Å²) in [6.07, 6.45) is 0. The molecule has 0 bridgehead atoms. The van der Waals surface area contributed by atoms with Crippen LogP contribution >= 0.6 is 11.6 Å². The van der Waals surface area contributed by atoms with Gasteiger partial charge in [0.25, 0.3) is 0 Å². The lowest BCUT2D eigenvalue weighted by Gasteiger charge is -2.19. The Balaban J connectivity index is 1.79. The topological polar surface area (TPSA) is 56.5 Å². The predicted molar refractivity (Wildman–Crippen MR) is 128 cm³/mol. The van der Waals surface area contributed by atoms with Crippen molar-refractivity contribution in [2.75, 3.05) is 6.61 Å². The molecule has 0 atom stereocenters. The van der Waals surface area contributed by atoms with Crippen molar-refractivity contribution in [3.05, 3.63) is 99.2 Å². The second kappa shape index (κ2) is 8.64. The van der Waals surface area contributed by atoms with Gasteiger partial charge in [-0.2, -0.15) is 0 Å². The van der Waals surface area contributed by atoms with Crippen molar-refractivity contribution in [2.45, 2.75) is 26.2 Å². The molecule has 32 heavy (non-hydrogen) atoms. The van der Waals surface area contributed by atoms with E-state index in [0.717, 1.165) is 5.56 Å². The summed E-state index contributed by atoms with van der Waals surface area (Å²) in [5.74, 6) is 0.0453. The predicted octanol–water partition coefficient (Wildman–Crippen LogP) is 6.67. The van der Waals surface area contributed by atoms with Crippen molar-refractivity contribution < 1.29 is 13.9 Å². The number of Topliss-reactive ketones (excluding diaryl/α,β-unsaturated/α-hetero) is 1. The average Bonchev–Trinajstić information content (AvgIpc) is 2.78. The summed E-state index contributed by atoms with van der Waals surface area (Å²) in [6.45, 7) is 6.11. The van der Waals surface area contributed by atoms with Gasteiger partial charge in [0.15, 0.2) is 18.2 Å². The largest absolute Gasteiger partial charge is 0.478 e. The second-order valence-corrected chi connectivity index (χ2v) is 9.07. The molecule has 0 amide bonds. The average molecular weight is 447 g/mol. The summed E-state index contributed by atoms with van der Waals surface area (Å²) >= 11 is 6.09. The molecule has 0 spiro atoms. The van der Waals surface area contributed by atoms with Crippen molar-refractivity contribution in [1.82, 2.24) is 0 Å². The number of carbonyl (C=O) groups excluding carboxylic acids is 1. The molecule has 162 valence electrons. The lowest BCUT2D eigenvalue weighted by Crippen LogP contribution is -2.17. The first kappa shape index (κ1) is 21.8. The fourth-order valence-corrected chi connectivity index (χ4v) is 3.61.